The lowest BCUT2D eigenvalue weighted by Gasteiger charge is -2.08. The maximum atomic E-state index is 12.0. The summed E-state index contributed by atoms with van der Waals surface area (Å²) in [6, 6.07) is 7.71. The number of thiazole rings is 1. The van der Waals surface area contributed by atoms with E-state index < -0.39 is 0 Å². The van der Waals surface area contributed by atoms with Crippen LogP contribution in [0.3, 0.4) is 0 Å². The Balaban J connectivity index is 1.55. The lowest BCUT2D eigenvalue weighted by atomic mass is 10.2. The number of carbonyl (C=O) groups excluding carboxylic acids is 1. The molecule has 0 bridgehead atoms. The molecule has 1 aromatic carbocycles. The first-order chi connectivity index (χ1) is 11.6. The molecule has 1 aliphatic rings. The molecule has 0 unspecified atom stereocenters. The Morgan fingerprint density at radius 1 is 1.38 bits per heavy atom. The quantitative estimate of drug-likeness (QED) is 0.761. The molecule has 2 aromatic rings. The van der Waals surface area contributed by atoms with Crippen LogP contribution >= 0.6 is 34.7 Å². The molecule has 0 radical (unpaired) electrons. The lowest BCUT2D eigenvalue weighted by molar-refractivity contribution is -0.118. The number of rotatable bonds is 6. The molecule has 0 aliphatic heterocycles. The number of amides is 1. The van der Waals surface area contributed by atoms with Gasteiger partial charge in [0.05, 0.1) is 23.0 Å². The third-order valence-corrected chi connectivity index (χ3v) is 7.09. The summed E-state index contributed by atoms with van der Waals surface area (Å²) in [5.74, 6) is 0.666. The molecule has 0 spiro atoms. The fourth-order valence-corrected chi connectivity index (χ4v) is 5.30. The zero-order valence-corrected chi connectivity index (χ0v) is 16.1. The molecule has 24 heavy (non-hydrogen) atoms. The van der Waals surface area contributed by atoms with Gasteiger partial charge in [-0.15, -0.1) is 23.1 Å². The largest absolute Gasteiger partial charge is 0.350 e. The fraction of sp³-hybridized carbons (Fsp3) is 0.444. The monoisotopic (exact) mass is 380 g/mol. The fourth-order valence-electron chi connectivity index (χ4n) is 2.82. The van der Waals surface area contributed by atoms with E-state index in [4.69, 9.17) is 11.6 Å². The Morgan fingerprint density at radius 3 is 2.88 bits per heavy atom. The molecule has 6 heteroatoms. The second kappa shape index (κ2) is 8.37. The van der Waals surface area contributed by atoms with Crippen LogP contribution in [0.15, 0.2) is 24.3 Å². The molecular formula is C18H21ClN2OS2. The third-order valence-electron chi connectivity index (χ3n) is 4.20. The Labute approximate surface area is 156 Å². The van der Waals surface area contributed by atoms with Crippen LogP contribution in [0.1, 0.15) is 36.3 Å². The van der Waals surface area contributed by atoms with Gasteiger partial charge in [0.1, 0.15) is 5.01 Å². The SMILES string of the molecule is Cc1nc(-c2ccccc2Cl)sc1CNC(=O)CSC1CCCC1. The van der Waals surface area contributed by atoms with Crippen LogP contribution in [-0.2, 0) is 11.3 Å². The zero-order valence-electron chi connectivity index (χ0n) is 13.7. The molecule has 1 saturated carbocycles. The smallest absolute Gasteiger partial charge is 0.230 e. The molecule has 1 aromatic heterocycles. The van der Waals surface area contributed by atoms with Gasteiger partial charge in [-0.25, -0.2) is 4.98 Å². The van der Waals surface area contributed by atoms with Crippen LogP contribution in [0.2, 0.25) is 5.02 Å². The zero-order chi connectivity index (χ0) is 16.9. The van der Waals surface area contributed by atoms with E-state index >= 15 is 0 Å². The summed E-state index contributed by atoms with van der Waals surface area (Å²) < 4.78 is 0. The predicted octanol–water partition coefficient (Wildman–Crippen LogP) is 5.06. The first-order valence-electron chi connectivity index (χ1n) is 8.23. The minimum absolute atomic E-state index is 0.110. The topological polar surface area (TPSA) is 42.0 Å². The Hall–Kier alpha value is -1.04. The minimum atomic E-state index is 0.110. The van der Waals surface area contributed by atoms with E-state index in [1.165, 1.54) is 25.7 Å². The van der Waals surface area contributed by atoms with Crippen molar-refractivity contribution in [1.29, 1.82) is 0 Å². The highest BCUT2D eigenvalue weighted by Gasteiger charge is 2.17. The van der Waals surface area contributed by atoms with E-state index in [1.54, 1.807) is 23.1 Å². The van der Waals surface area contributed by atoms with Crippen molar-refractivity contribution in [2.75, 3.05) is 5.75 Å². The van der Waals surface area contributed by atoms with Gasteiger partial charge in [-0.3, -0.25) is 4.79 Å². The van der Waals surface area contributed by atoms with Crippen molar-refractivity contribution in [3.8, 4) is 10.6 Å². The van der Waals surface area contributed by atoms with Crippen molar-refractivity contribution >= 4 is 40.6 Å². The second-order valence-electron chi connectivity index (χ2n) is 6.00. The minimum Gasteiger partial charge on any atom is -0.350 e. The third kappa shape index (κ3) is 4.52. The van der Waals surface area contributed by atoms with Crippen LogP contribution in [0.5, 0.6) is 0 Å². The summed E-state index contributed by atoms with van der Waals surface area (Å²) in [6.07, 6.45) is 5.13. The molecule has 3 rings (SSSR count). The van der Waals surface area contributed by atoms with E-state index in [2.05, 4.69) is 10.3 Å². The Kier molecular flexibility index (Phi) is 6.19. The van der Waals surface area contributed by atoms with E-state index in [1.807, 2.05) is 31.2 Å². The summed E-state index contributed by atoms with van der Waals surface area (Å²) in [6.45, 7) is 2.52. The molecule has 128 valence electrons. The molecule has 0 atom stereocenters. The molecule has 1 N–H and O–H groups in total. The average molecular weight is 381 g/mol. The molecule has 0 saturated heterocycles. The van der Waals surface area contributed by atoms with Crippen LogP contribution in [0, 0.1) is 6.92 Å². The number of nitrogens with one attached hydrogen (secondary N) is 1. The molecular weight excluding hydrogens is 360 g/mol. The first-order valence-corrected chi connectivity index (χ1v) is 10.5. The number of halogens is 1. The Morgan fingerprint density at radius 2 is 2.12 bits per heavy atom. The lowest BCUT2D eigenvalue weighted by Crippen LogP contribution is -2.25. The maximum Gasteiger partial charge on any atom is 0.230 e. The van der Waals surface area contributed by atoms with Gasteiger partial charge in [0.15, 0.2) is 0 Å². The highest BCUT2D eigenvalue weighted by molar-refractivity contribution is 8.00. The van der Waals surface area contributed by atoms with Crippen molar-refractivity contribution in [3.05, 3.63) is 39.9 Å². The standard InChI is InChI=1S/C18H21ClN2OS2/c1-12-16(10-20-17(22)11-23-13-6-2-3-7-13)24-18(21-12)14-8-4-5-9-15(14)19/h4-5,8-9,13H,2-3,6-7,10-11H2,1H3,(H,20,22). The van der Waals surface area contributed by atoms with E-state index in [0.29, 0.717) is 22.6 Å². The van der Waals surface area contributed by atoms with Crippen LogP contribution in [0.25, 0.3) is 10.6 Å². The second-order valence-corrected chi connectivity index (χ2v) is 8.78. The van der Waals surface area contributed by atoms with Gasteiger partial charge in [-0.1, -0.05) is 42.6 Å². The van der Waals surface area contributed by atoms with Crippen LogP contribution in [-0.4, -0.2) is 21.9 Å². The molecule has 1 aliphatic carbocycles. The van der Waals surface area contributed by atoms with Crippen molar-refractivity contribution < 1.29 is 4.79 Å². The van der Waals surface area contributed by atoms with Gasteiger partial charge in [-0.2, -0.15) is 0 Å². The predicted molar refractivity (Wildman–Crippen MR) is 104 cm³/mol. The van der Waals surface area contributed by atoms with Gasteiger partial charge in [-0.05, 0) is 25.8 Å². The number of aryl methyl sites for hydroxylation is 1. The van der Waals surface area contributed by atoms with Gasteiger partial charge >= 0.3 is 0 Å². The van der Waals surface area contributed by atoms with Crippen molar-refractivity contribution in [1.82, 2.24) is 10.3 Å². The maximum absolute atomic E-state index is 12.0. The number of benzene rings is 1. The number of aromatic nitrogens is 1. The number of carbonyl (C=O) groups is 1. The van der Waals surface area contributed by atoms with Crippen LogP contribution < -0.4 is 5.32 Å². The summed E-state index contributed by atoms with van der Waals surface area (Å²) in [7, 11) is 0. The van der Waals surface area contributed by atoms with Crippen molar-refractivity contribution in [2.24, 2.45) is 0 Å². The summed E-state index contributed by atoms with van der Waals surface area (Å²) in [5.41, 5.74) is 1.90. The van der Waals surface area contributed by atoms with E-state index in [9.17, 15) is 4.79 Å². The van der Waals surface area contributed by atoms with Crippen molar-refractivity contribution in [2.45, 2.75) is 44.4 Å². The van der Waals surface area contributed by atoms with Gasteiger partial charge in [0.2, 0.25) is 5.91 Å². The summed E-state index contributed by atoms with van der Waals surface area (Å²) in [4.78, 5) is 17.7. The molecule has 1 heterocycles. The molecule has 1 amide bonds. The molecule has 1 fully saturated rings. The average Bonchev–Trinajstić information content (AvgIpc) is 3.21. The van der Waals surface area contributed by atoms with Gasteiger partial charge in [0, 0.05) is 15.7 Å². The van der Waals surface area contributed by atoms with Gasteiger partial charge in [0.25, 0.3) is 0 Å². The number of nitrogens with zero attached hydrogens (tertiary/aromatic N) is 1. The number of hydrogen-bond donors (Lipinski definition) is 1. The van der Waals surface area contributed by atoms with Gasteiger partial charge < -0.3 is 5.32 Å². The van der Waals surface area contributed by atoms with Crippen molar-refractivity contribution in [3.63, 3.8) is 0 Å². The van der Waals surface area contributed by atoms with Crippen LogP contribution in [0.4, 0.5) is 0 Å². The Bertz CT molecular complexity index is 711. The summed E-state index contributed by atoms with van der Waals surface area (Å²) in [5, 5.41) is 5.30. The van der Waals surface area contributed by atoms with E-state index in [-0.39, 0.29) is 5.91 Å². The highest BCUT2D eigenvalue weighted by atomic mass is 35.5. The summed E-state index contributed by atoms with van der Waals surface area (Å²) >= 11 is 9.63. The van der Waals surface area contributed by atoms with E-state index in [0.717, 1.165) is 21.1 Å². The number of hydrogen-bond acceptors (Lipinski definition) is 4. The number of thioether (sulfide) groups is 1. The normalized spacial score (nSPS) is 14.9. The molecule has 3 nitrogen and oxygen atoms in total. The highest BCUT2D eigenvalue weighted by Crippen LogP contribution is 2.33. The first kappa shape index (κ1) is 17.8.